The van der Waals surface area contributed by atoms with E-state index in [1.54, 1.807) is 55.4 Å². The van der Waals surface area contributed by atoms with E-state index in [0.29, 0.717) is 28.9 Å². The molecule has 4 atom stereocenters. The van der Waals surface area contributed by atoms with Crippen molar-refractivity contribution in [3.8, 4) is 16.9 Å². The summed E-state index contributed by atoms with van der Waals surface area (Å²) in [6, 6.07) is 11.8. The standard InChI is InChI=1S/C47H64N6O10S/c1-25(2)37(52-45(58)61-24-35-32-19-14-12-17-30(32)31-18-13-15-20-33(31)35)42(55)50-36(41(54)51-38(43(56)57)29(6)62-46(7,8)9)21-16-22-49-44(48)53-64(59,60)40-27(4)26(3)39-34(28(40)5)23-47(10,11)63-39/h12-15,17-20,25,29,35-38H,16,21-24H2,1-11H3,(H,50,55)(H,51,54)(H,52,58)(H,56,57)(H3,48,49,53)/t29-,36+,37+,38+/m1/s1. The van der Waals surface area contributed by atoms with Crippen molar-refractivity contribution in [2.24, 2.45) is 5.92 Å². The average Bonchev–Trinajstić information content (AvgIpc) is 3.70. The van der Waals surface area contributed by atoms with Crippen LogP contribution in [0.3, 0.4) is 0 Å². The monoisotopic (exact) mass is 904 g/mol. The number of hydrogen-bond acceptors (Lipinski definition) is 10. The molecule has 0 aromatic heterocycles. The predicted molar refractivity (Wildman–Crippen MR) is 243 cm³/mol. The van der Waals surface area contributed by atoms with Crippen molar-refractivity contribution in [1.29, 1.82) is 5.41 Å². The lowest BCUT2D eigenvalue weighted by Crippen LogP contribution is -2.59. The molecule has 0 saturated heterocycles. The molecule has 16 nitrogen and oxygen atoms in total. The molecule has 0 spiro atoms. The van der Waals surface area contributed by atoms with Crippen molar-refractivity contribution in [3.63, 3.8) is 0 Å². The molecule has 5 rings (SSSR count). The zero-order valence-electron chi connectivity index (χ0n) is 38.6. The SMILES string of the molecule is Cc1c(C)c(S(=O)(=O)NC(=N)NCCC[C@H](NC(=O)[C@@H](NC(=O)OCC2c3ccccc3-c3ccccc32)C(C)C)C(=O)N[C@H](C(=O)O)[C@@H](C)OC(C)(C)C)c(C)c2c1OC(C)(C)C2. The van der Waals surface area contributed by atoms with Crippen molar-refractivity contribution in [2.45, 2.75) is 142 Å². The number of nitrogens with one attached hydrogen (secondary N) is 6. The summed E-state index contributed by atoms with van der Waals surface area (Å²) >= 11 is 0. The van der Waals surface area contributed by atoms with Gasteiger partial charge in [0, 0.05) is 24.4 Å². The summed E-state index contributed by atoms with van der Waals surface area (Å²) < 4.78 is 47.4. The number of carbonyl (C=O) groups is 4. The van der Waals surface area contributed by atoms with Crippen LogP contribution in [0, 0.1) is 32.1 Å². The number of amides is 3. The van der Waals surface area contributed by atoms with Gasteiger partial charge in [0.2, 0.25) is 17.8 Å². The van der Waals surface area contributed by atoms with E-state index in [0.717, 1.165) is 27.8 Å². The predicted octanol–water partition coefficient (Wildman–Crippen LogP) is 5.73. The second-order valence-electron chi connectivity index (χ2n) is 18.6. The van der Waals surface area contributed by atoms with E-state index >= 15 is 0 Å². The first-order valence-corrected chi connectivity index (χ1v) is 23.1. The quantitative estimate of drug-likeness (QED) is 0.0491. The van der Waals surface area contributed by atoms with Crippen LogP contribution in [0.4, 0.5) is 4.79 Å². The van der Waals surface area contributed by atoms with Gasteiger partial charge >= 0.3 is 12.1 Å². The number of hydrogen-bond donors (Lipinski definition) is 7. The van der Waals surface area contributed by atoms with Gasteiger partial charge in [0.25, 0.3) is 10.0 Å². The lowest BCUT2D eigenvalue weighted by molar-refractivity contribution is -0.150. The molecule has 1 aliphatic carbocycles. The summed E-state index contributed by atoms with van der Waals surface area (Å²) in [7, 11) is -4.22. The first-order chi connectivity index (χ1) is 29.8. The van der Waals surface area contributed by atoms with Crippen molar-refractivity contribution >= 4 is 39.9 Å². The van der Waals surface area contributed by atoms with Crippen LogP contribution < -0.4 is 30.7 Å². The molecule has 64 heavy (non-hydrogen) atoms. The van der Waals surface area contributed by atoms with Crippen LogP contribution >= 0.6 is 0 Å². The number of ether oxygens (including phenoxy) is 3. The van der Waals surface area contributed by atoms with Gasteiger partial charge in [-0.15, -0.1) is 0 Å². The van der Waals surface area contributed by atoms with Crippen LogP contribution in [0.2, 0.25) is 0 Å². The third-order valence-corrected chi connectivity index (χ3v) is 13.2. The van der Waals surface area contributed by atoms with Crippen molar-refractivity contribution in [1.82, 2.24) is 26.0 Å². The summed E-state index contributed by atoms with van der Waals surface area (Å²) in [4.78, 5) is 53.6. The van der Waals surface area contributed by atoms with Gasteiger partial charge in [0.05, 0.1) is 16.6 Å². The smallest absolute Gasteiger partial charge is 0.407 e. The minimum Gasteiger partial charge on any atom is -0.487 e. The minimum atomic E-state index is -4.22. The van der Waals surface area contributed by atoms with Gasteiger partial charge in [-0.1, -0.05) is 62.4 Å². The molecule has 0 bridgehead atoms. The Morgan fingerprint density at radius 1 is 0.875 bits per heavy atom. The normalized spacial score (nSPS) is 15.9. The molecule has 17 heteroatoms. The molecule has 348 valence electrons. The van der Waals surface area contributed by atoms with Crippen LogP contribution in [-0.4, -0.2) is 91.9 Å². The van der Waals surface area contributed by atoms with Gasteiger partial charge in [-0.2, -0.15) is 0 Å². The van der Waals surface area contributed by atoms with Crippen LogP contribution in [0.15, 0.2) is 53.4 Å². The summed E-state index contributed by atoms with van der Waals surface area (Å²) in [5.41, 5.74) is 5.49. The molecule has 2 aliphatic rings. The Balaban J connectivity index is 1.26. The molecule has 1 aliphatic heterocycles. The maximum Gasteiger partial charge on any atom is 0.407 e. The number of carbonyl (C=O) groups excluding carboxylic acids is 3. The molecule has 3 amide bonds. The fraction of sp³-hybridized carbons (Fsp3) is 0.511. The fourth-order valence-electron chi connectivity index (χ4n) is 8.48. The number of fused-ring (bicyclic) bond motifs is 4. The molecular formula is C47H64N6O10S. The lowest BCUT2D eigenvalue weighted by Gasteiger charge is -2.31. The number of alkyl carbamates (subject to hydrolysis) is 1. The Labute approximate surface area is 376 Å². The van der Waals surface area contributed by atoms with Gasteiger partial charge in [-0.25, -0.2) is 22.7 Å². The second kappa shape index (κ2) is 19.6. The van der Waals surface area contributed by atoms with Gasteiger partial charge < -0.3 is 40.6 Å². The highest BCUT2D eigenvalue weighted by Gasteiger charge is 2.38. The molecule has 3 aromatic rings. The molecule has 1 heterocycles. The van der Waals surface area contributed by atoms with Crippen molar-refractivity contribution < 1.29 is 46.9 Å². The van der Waals surface area contributed by atoms with E-state index in [1.807, 2.05) is 62.4 Å². The molecule has 3 aromatic carbocycles. The highest BCUT2D eigenvalue weighted by molar-refractivity contribution is 7.90. The Hall–Kier alpha value is -5.68. The fourth-order valence-corrected chi connectivity index (χ4v) is 10.0. The van der Waals surface area contributed by atoms with Gasteiger partial charge in [0.15, 0.2) is 6.04 Å². The maximum absolute atomic E-state index is 13.9. The molecule has 0 unspecified atom stereocenters. The molecule has 0 saturated carbocycles. The van der Waals surface area contributed by atoms with Gasteiger partial charge in [0.1, 0.15) is 30.0 Å². The largest absolute Gasteiger partial charge is 0.487 e. The molecule has 0 fully saturated rings. The number of guanidine groups is 1. The third kappa shape index (κ3) is 11.5. The minimum absolute atomic E-state index is 0.0122. The van der Waals surface area contributed by atoms with Crippen LogP contribution in [-0.2, 0) is 40.3 Å². The number of sulfonamides is 1. The molecule has 7 N–H and O–H groups in total. The van der Waals surface area contributed by atoms with Crippen LogP contribution in [0.5, 0.6) is 5.75 Å². The summed E-state index contributed by atoms with van der Waals surface area (Å²) in [6.45, 7) is 19.3. The summed E-state index contributed by atoms with van der Waals surface area (Å²) in [5.74, 6) is -3.40. The van der Waals surface area contributed by atoms with E-state index in [2.05, 4.69) is 26.0 Å². The lowest BCUT2D eigenvalue weighted by atomic mass is 9.94. The Morgan fingerprint density at radius 2 is 1.47 bits per heavy atom. The number of carboxylic acids is 1. The van der Waals surface area contributed by atoms with E-state index in [1.165, 1.54) is 6.92 Å². The highest BCUT2D eigenvalue weighted by Crippen LogP contribution is 2.45. The van der Waals surface area contributed by atoms with E-state index < -0.39 is 81.2 Å². The Morgan fingerprint density at radius 3 is 2.03 bits per heavy atom. The highest BCUT2D eigenvalue weighted by atomic mass is 32.2. The number of carboxylic acid groups (broad SMARTS) is 1. The van der Waals surface area contributed by atoms with Crippen LogP contribution in [0.25, 0.3) is 11.1 Å². The first-order valence-electron chi connectivity index (χ1n) is 21.6. The van der Waals surface area contributed by atoms with Gasteiger partial charge in [-0.3, -0.25) is 15.0 Å². The zero-order valence-corrected chi connectivity index (χ0v) is 39.5. The van der Waals surface area contributed by atoms with Crippen molar-refractivity contribution in [2.75, 3.05) is 13.2 Å². The number of aliphatic carboxylic acids is 1. The summed E-state index contributed by atoms with van der Waals surface area (Å²) in [5, 5.41) is 29.1. The topological polar surface area (TPSA) is 234 Å². The average molecular weight is 905 g/mol. The van der Waals surface area contributed by atoms with E-state index in [9.17, 15) is 32.7 Å². The molecular weight excluding hydrogens is 841 g/mol. The first kappa shape index (κ1) is 49.3. The Kier molecular flexibility index (Phi) is 15.1. The van der Waals surface area contributed by atoms with Crippen molar-refractivity contribution in [3.05, 3.63) is 81.9 Å². The maximum atomic E-state index is 13.9. The third-order valence-electron chi connectivity index (χ3n) is 11.5. The van der Waals surface area contributed by atoms with E-state index in [4.69, 9.17) is 19.6 Å². The van der Waals surface area contributed by atoms with E-state index in [-0.39, 0.29) is 36.8 Å². The number of rotatable bonds is 17. The van der Waals surface area contributed by atoms with Gasteiger partial charge in [-0.05, 0) is 120 Å². The Bertz CT molecular complexity index is 2350. The second-order valence-corrected chi connectivity index (χ2v) is 20.2. The van der Waals surface area contributed by atoms with Crippen LogP contribution in [0.1, 0.15) is 108 Å². The number of benzene rings is 3. The molecule has 0 radical (unpaired) electrons. The summed E-state index contributed by atoms with van der Waals surface area (Å²) in [6.07, 6.45) is -1.23. The zero-order chi connectivity index (χ0) is 47.5.